The zero-order valence-electron chi connectivity index (χ0n) is 17.6. The molecule has 166 valence electrons. The number of pyridine rings is 1. The third-order valence-electron chi connectivity index (χ3n) is 5.67. The molecule has 2 heterocycles. The van der Waals surface area contributed by atoms with E-state index in [0.29, 0.717) is 37.3 Å². The van der Waals surface area contributed by atoms with Crippen molar-refractivity contribution in [2.24, 2.45) is 5.92 Å². The molecule has 2 amide bonds. The molecule has 1 aliphatic rings. The van der Waals surface area contributed by atoms with Gasteiger partial charge in [0.25, 0.3) is 0 Å². The smallest absolute Gasteiger partial charge is 0.343 e. The number of amides is 2. The van der Waals surface area contributed by atoms with Gasteiger partial charge in [-0.15, -0.1) is 0 Å². The number of anilines is 1. The number of aromatic nitrogens is 1. The molecule has 1 atom stereocenters. The predicted octanol–water partition coefficient (Wildman–Crippen LogP) is 4.78. The van der Waals surface area contributed by atoms with Crippen molar-refractivity contribution in [1.82, 2.24) is 9.88 Å². The van der Waals surface area contributed by atoms with Crippen molar-refractivity contribution >= 4 is 17.6 Å². The lowest BCUT2D eigenvalue weighted by Gasteiger charge is -2.32. The van der Waals surface area contributed by atoms with Gasteiger partial charge in [0.05, 0.1) is 5.56 Å². The summed E-state index contributed by atoms with van der Waals surface area (Å²) in [5, 5.41) is 2.83. The largest absolute Gasteiger partial charge is 0.416 e. The number of piperidine rings is 1. The van der Waals surface area contributed by atoms with Crippen molar-refractivity contribution < 1.29 is 22.8 Å². The number of hydrogen-bond donors (Lipinski definition) is 1. The predicted molar refractivity (Wildman–Crippen MR) is 111 cm³/mol. The van der Waals surface area contributed by atoms with E-state index in [1.807, 2.05) is 19.9 Å². The van der Waals surface area contributed by atoms with E-state index >= 15 is 0 Å². The first-order valence-electron chi connectivity index (χ1n) is 10.3. The highest BCUT2D eigenvalue weighted by molar-refractivity contribution is 5.92. The molecule has 0 saturated carbocycles. The van der Waals surface area contributed by atoms with Crippen molar-refractivity contribution in [3.8, 4) is 0 Å². The molecule has 8 heteroatoms. The van der Waals surface area contributed by atoms with Crippen LogP contribution in [-0.2, 0) is 15.8 Å². The van der Waals surface area contributed by atoms with Crippen molar-refractivity contribution in [2.75, 3.05) is 18.4 Å². The van der Waals surface area contributed by atoms with Crippen LogP contribution in [0.15, 0.2) is 42.6 Å². The summed E-state index contributed by atoms with van der Waals surface area (Å²) < 4.78 is 38.1. The monoisotopic (exact) mass is 433 g/mol. The van der Waals surface area contributed by atoms with E-state index in [1.54, 1.807) is 17.2 Å². The van der Waals surface area contributed by atoms with Crippen molar-refractivity contribution in [3.05, 3.63) is 59.3 Å². The molecule has 1 aromatic heterocycles. The molecule has 1 aliphatic heterocycles. The molecule has 31 heavy (non-hydrogen) atoms. The number of likely N-dealkylation sites (tertiary alicyclic amines) is 1. The highest BCUT2D eigenvalue weighted by atomic mass is 19.4. The molecule has 1 aromatic carbocycles. The van der Waals surface area contributed by atoms with Crippen LogP contribution in [0, 0.1) is 12.8 Å². The van der Waals surface area contributed by atoms with E-state index in [2.05, 4.69) is 10.3 Å². The van der Waals surface area contributed by atoms with Gasteiger partial charge in [0, 0.05) is 31.6 Å². The number of alkyl halides is 3. The molecule has 1 N–H and O–H groups in total. The molecule has 0 bridgehead atoms. The molecular weight excluding hydrogens is 407 g/mol. The minimum Gasteiger partial charge on any atom is -0.343 e. The number of carbonyl (C=O) groups is 2. The van der Waals surface area contributed by atoms with E-state index in [-0.39, 0.29) is 30.1 Å². The van der Waals surface area contributed by atoms with Gasteiger partial charge in [0.1, 0.15) is 5.82 Å². The summed E-state index contributed by atoms with van der Waals surface area (Å²) in [5.74, 6) is 0.00528. The lowest BCUT2D eigenvalue weighted by Crippen LogP contribution is -2.41. The Labute approximate surface area is 179 Å². The fourth-order valence-electron chi connectivity index (χ4n) is 3.73. The molecular formula is C23H26F3N3O2. The Morgan fingerprint density at radius 1 is 1.16 bits per heavy atom. The topological polar surface area (TPSA) is 62.3 Å². The Hall–Kier alpha value is -2.90. The maximum atomic E-state index is 12.7. The van der Waals surface area contributed by atoms with Crippen LogP contribution in [0.1, 0.15) is 48.8 Å². The molecule has 1 unspecified atom stereocenters. The van der Waals surface area contributed by atoms with Gasteiger partial charge in [-0.3, -0.25) is 9.59 Å². The molecule has 0 spiro atoms. The maximum absolute atomic E-state index is 12.7. The first-order chi connectivity index (χ1) is 14.6. The van der Waals surface area contributed by atoms with Crippen molar-refractivity contribution in [2.45, 2.75) is 45.2 Å². The van der Waals surface area contributed by atoms with Crippen LogP contribution in [0.4, 0.5) is 19.0 Å². The van der Waals surface area contributed by atoms with Gasteiger partial charge in [-0.1, -0.05) is 19.1 Å². The van der Waals surface area contributed by atoms with Crippen LogP contribution in [-0.4, -0.2) is 34.8 Å². The number of rotatable bonds is 5. The molecule has 1 fully saturated rings. The van der Waals surface area contributed by atoms with Gasteiger partial charge in [-0.2, -0.15) is 13.2 Å². The third kappa shape index (κ3) is 6.06. The summed E-state index contributed by atoms with van der Waals surface area (Å²) >= 11 is 0. The average molecular weight is 433 g/mol. The molecule has 1 saturated heterocycles. The van der Waals surface area contributed by atoms with Crippen LogP contribution in [0.25, 0.3) is 0 Å². The highest BCUT2D eigenvalue weighted by Gasteiger charge is 2.31. The van der Waals surface area contributed by atoms with Gasteiger partial charge >= 0.3 is 6.18 Å². The average Bonchev–Trinajstić information content (AvgIpc) is 2.73. The van der Waals surface area contributed by atoms with Gasteiger partial charge < -0.3 is 10.2 Å². The van der Waals surface area contributed by atoms with E-state index in [0.717, 1.165) is 17.7 Å². The molecule has 3 rings (SSSR count). The van der Waals surface area contributed by atoms with Crippen LogP contribution in [0.5, 0.6) is 0 Å². The Bertz CT molecular complexity index is 920. The normalized spacial score (nSPS) is 16.1. The summed E-state index contributed by atoms with van der Waals surface area (Å²) in [6.45, 7) is 4.72. The zero-order chi connectivity index (χ0) is 22.6. The number of benzene rings is 1. The zero-order valence-corrected chi connectivity index (χ0v) is 17.6. The quantitative estimate of drug-likeness (QED) is 0.738. The second kappa shape index (κ2) is 9.49. The minimum atomic E-state index is -4.37. The number of halogens is 3. The number of aryl methyl sites for hydroxylation is 1. The summed E-state index contributed by atoms with van der Waals surface area (Å²) in [4.78, 5) is 31.0. The highest BCUT2D eigenvalue weighted by Crippen LogP contribution is 2.31. The fraction of sp³-hybridized carbons (Fsp3) is 0.435. The Morgan fingerprint density at radius 3 is 2.39 bits per heavy atom. The first-order valence-corrected chi connectivity index (χ1v) is 10.3. The Morgan fingerprint density at radius 2 is 1.81 bits per heavy atom. The van der Waals surface area contributed by atoms with Gasteiger partial charge in [0.15, 0.2) is 0 Å². The second-order valence-electron chi connectivity index (χ2n) is 8.09. The number of carbonyl (C=O) groups excluding carboxylic acids is 2. The Balaban J connectivity index is 1.49. The fourth-order valence-corrected chi connectivity index (χ4v) is 3.73. The minimum absolute atomic E-state index is 0.0494. The van der Waals surface area contributed by atoms with Crippen molar-refractivity contribution in [1.29, 1.82) is 0 Å². The summed E-state index contributed by atoms with van der Waals surface area (Å²) in [6, 6.07) is 8.60. The lowest BCUT2D eigenvalue weighted by atomic mass is 9.93. The first kappa shape index (κ1) is 22.8. The van der Waals surface area contributed by atoms with Crippen molar-refractivity contribution in [3.63, 3.8) is 0 Å². The molecule has 0 radical (unpaired) electrons. The van der Waals surface area contributed by atoms with Gasteiger partial charge in [-0.25, -0.2) is 4.98 Å². The summed E-state index contributed by atoms with van der Waals surface area (Å²) in [7, 11) is 0. The maximum Gasteiger partial charge on any atom is 0.416 e. The van der Waals surface area contributed by atoms with E-state index in [1.165, 1.54) is 12.1 Å². The van der Waals surface area contributed by atoms with Crippen LogP contribution in [0.2, 0.25) is 0 Å². The third-order valence-corrected chi connectivity index (χ3v) is 5.67. The van der Waals surface area contributed by atoms with Crippen LogP contribution >= 0.6 is 0 Å². The van der Waals surface area contributed by atoms with E-state index in [9.17, 15) is 22.8 Å². The van der Waals surface area contributed by atoms with Crippen LogP contribution in [0.3, 0.4) is 0 Å². The molecule has 5 nitrogen and oxygen atoms in total. The molecule has 2 aromatic rings. The van der Waals surface area contributed by atoms with E-state index in [4.69, 9.17) is 0 Å². The van der Waals surface area contributed by atoms with E-state index < -0.39 is 11.7 Å². The molecule has 0 aliphatic carbocycles. The number of nitrogens with zero attached hydrogens (tertiary/aromatic N) is 2. The summed E-state index contributed by atoms with van der Waals surface area (Å²) in [5.41, 5.74) is 1.00. The SMILES string of the molecule is Cc1ccnc(NC(=O)C2CCN(C(=O)CC(C)c3ccc(C(F)(F)F)cc3)CC2)c1. The number of nitrogens with one attached hydrogen (secondary N) is 1. The Kier molecular flexibility index (Phi) is 6.97. The number of hydrogen-bond acceptors (Lipinski definition) is 3. The van der Waals surface area contributed by atoms with Gasteiger partial charge in [0.2, 0.25) is 11.8 Å². The second-order valence-corrected chi connectivity index (χ2v) is 8.09. The van der Waals surface area contributed by atoms with Gasteiger partial charge in [-0.05, 0) is 61.1 Å². The standard InChI is InChI=1S/C23H26F3N3O2/c1-15-7-10-27-20(13-15)28-22(31)18-8-11-29(12-9-18)21(30)14-16(2)17-3-5-19(6-4-17)23(24,25)26/h3-7,10,13,16,18H,8-9,11-12,14H2,1-2H3,(H,27,28,31). The lowest BCUT2D eigenvalue weighted by molar-refractivity contribution is -0.137. The van der Waals surface area contributed by atoms with Crippen LogP contribution < -0.4 is 5.32 Å². The summed E-state index contributed by atoms with van der Waals surface area (Å²) in [6.07, 6.45) is -1.38.